The van der Waals surface area contributed by atoms with Gasteiger partial charge in [0.15, 0.2) is 5.78 Å². The molecule has 1 aromatic carbocycles. The molecule has 0 saturated carbocycles. The second kappa shape index (κ2) is 4.99. The number of benzene rings is 1. The quantitative estimate of drug-likeness (QED) is 0.380. The molecule has 0 bridgehead atoms. The van der Waals surface area contributed by atoms with Crippen LogP contribution in [0, 0.1) is 0 Å². The molecule has 1 atom stereocenters. The molecule has 0 fully saturated rings. The van der Waals surface area contributed by atoms with Gasteiger partial charge in [-0.1, -0.05) is 6.07 Å². The number of Topliss-reactive ketones (excluding diaryl/α,β-unsaturated/α-hetero) is 1. The van der Waals surface area contributed by atoms with Gasteiger partial charge in [-0.15, -0.1) is 11.6 Å². The number of nitrogens with two attached hydrogens (primary N) is 1. The lowest BCUT2D eigenvalue weighted by Crippen LogP contribution is -2.12. The molecule has 86 valence electrons. The van der Waals surface area contributed by atoms with Crippen LogP contribution in [-0.4, -0.2) is 24.2 Å². The number of carbonyl (C=O) groups is 2. The first-order chi connectivity index (χ1) is 7.47. The third-order valence-electron chi connectivity index (χ3n) is 2.10. The minimum Gasteiger partial charge on any atom is -0.465 e. The van der Waals surface area contributed by atoms with Crippen molar-refractivity contribution in [1.82, 2.24) is 0 Å². The molecule has 0 aliphatic carbocycles. The molecule has 0 aromatic heterocycles. The lowest BCUT2D eigenvalue weighted by atomic mass is 10.0. The van der Waals surface area contributed by atoms with Crippen molar-refractivity contribution >= 4 is 29.0 Å². The first kappa shape index (κ1) is 12.5. The Balaban J connectivity index is 3.09. The van der Waals surface area contributed by atoms with E-state index in [1.165, 1.54) is 25.3 Å². The van der Waals surface area contributed by atoms with E-state index >= 15 is 0 Å². The molecule has 2 N–H and O–H groups in total. The van der Waals surface area contributed by atoms with Crippen LogP contribution in [0.25, 0.3) is 0 Å². The molecule has 0 radical (unpaired) electrons. The minimum absolute atomic E-state index is 0.204. The van der Waals surface area contributed by atoms with E-state index in [4.69, 9.17) is 17.3 Å². The number of ketones is 1. The van der Waals surface area contributed by atoms with E-state index in [0.717, 1.165) is 0 Å². The van der Waals surface area contributed by atoms with Crippen molar-refractivity contribution in [2.24, 2.45) is 0 Å². The largest absolute Gasteiger partial charge is 0.465 e. The lowest BCUT2D eigenvalue weighted by molar-refractivity contribution is 0.0601. The zero-order valence-corrected chi connectivity index (χ0v) is 9.75. The molecule has 16 heavy (non-hydrogen) atoms. The van der Waals surface area contributed by atoms with Gasteiger partial charge in [-0.05, 0) is 19.1 Å². The summed E-state index contributed by atoms with van der Waals surface area (Å²) in [4.78, 5) is 22.8. The molecule has 1 aromatic rings. The zero-order chi connectivity index (χ0) is 12.3. The van der Waals surface area contributed by atoms with Gasteiger partial charge < -0.3 is 10.5 Å². The average Bonchev–Trinajstić information content (AvgIpc) is 2.26. The number of carbonyl (C=O) groups excluding carboxylic acids is 2. The summed E-state index contributed by atoms with van der Waals surface area (Å²) in [5.41, 5.74) is 6.46. The summed E-state index contributed by atoms with van der Waals surface area (Å²) in [5, 5.41) is -0.622. The van der Waals surface area contributed by atoms with E-state index in [-0.39, 0.29) is 17.0 Å². The van der Waals surface area contributed by atoms with Crippen LogP contribution in [-0.2, 0) is 4.74 Å². The lowest BCUT2D eigenvalue weighted by Gasteiger charge is -2.07. The van der Waals surface area contributed by atoms with Gasteiger partial charge >= 0.3 is 5.97 Å². The maximum absolute atomic E-state index is 11.5. The fourth-order valence-corrected chi connectivity index (χ4v) is 1.37. The highest BCUT2D eigenvalue weighted by Crippen LogP contribution is 2.17. The summed E-state index contributed by atoms with van der Waals surface area (Å²) < 4.78 is 4.53. The summed E-state index contributed by atoms with van der Waals surface area (Å²) in [6.07, 6.45) is 0. The second-order valence-corrected chi connectivity index (χ2v) is 3.93. The van der Waals surface area contributed by atoms with Crippen LogP contribution in [0.3, 0.4) is 0 Å². The van der Waals surface area contributed by atoms with Crippen molar-refractivity contribution in [3.8, 4) is 0 Å². The van der Waals surface area contributed by atoms with Gasteiger partial charge in [0.1, 0.15) is 0 Å². The Labute approximate surface area is 98.3 Å². The van der Waals surface area contributed by atoms with Crippen molar-refractivity contribution in [2.45, 2.75) is 12.3 Å². The van der Waals surface area contributed by atoms with Crippen LogP contribution in [0.1, 0.15) is 27.6 Å². The molecule has 0 amide bonds. The van der Waals surface area contributed by atoms with Crippen LogP contribution in [0.15, 0.2) is 18.2 Å². The Morgan fingerprint density at radius 3 is 2.50 bits per heavy atom. The summed E-state index contributed by atoms with van der Waals surface area (Å²) in [5.74, 6) is -0.764. The van der Waals surface area contributed by atoms with Crippen LogP contribution in [0.5, 0.6) is 0 Å². The van der Waals surface area contributed by atoms with Crippen molar-refractivity contribution in [3.05, 3.63) is 29.3 Å². The standard InChI is InChI=1S/C11H12ClNO3/c1-6(12)10(14)7-3-4-8(9(13)5-7)11(15)16-2/h3-6H,13H2,1-2H3. The Kier molecular flexibility index (Phi) is 3.90. The van der Waals surface area contributed by atoms with E-state index in [1.807, 2.05) is 0 Å². The van der Waals surface area contributed by atoms with Crippen LogP contribution < -0.4 is 5.73 Å². The Hall–Kier alpha value is -1.55. The minimum atomic E-state index is -0.622. The number of alkyl halides is 1. The first-order valence-electron chi connectivity index (χ1n) is 4.63. The highest BCUT2D eigenvalue weighted by molar-refractivity contribution is 6.33. The molecule has 4 nitrogen and oxygen atoms in total. The highest BCUT2D eigenvalue weighted by Gasteiger charge is 2.16. The monoisotopic (exact) mass is 241 g/mol. The fraction of sp³-hybridized carbons (Fsp3) is 0.273. The number of methoxy groups -OCH3 is 1. The topological polar surface area (TPSA) is 69.4 Å². The number of hydrogen-bond donors (Lipinski definition) is 1. The van der Waals surface area contributed by atoms with E-state index in [1.54, 1.807) is 6.92 Å². The Morgan fingerprint density at radius 2 is 2.06 bits per heavy atom. The number of rotatable bonds is 3. The first-order valence-corrected chi connectivity index (χ1v) is 5.07. The van der Waals surface area contributed by atoms with E-state index in [2.05, 4.69) is 4.74 Å². The summed E-state index contributed by atoms with van der Waals surface area (Å²) in [6, 6.07) is 4.38. The molecular formula is C11H12ClNO3. The van der Waals surface area contributed by atoms with Gasteiger partial charge in [0.25, 0.3) is 0 Å². The predicted octanol–water partition coefficient (Wildman–Crippen LogP) is 1.87. The number of ether oxygens (including phenoxy) is 1. The number of hydrogen-bond acceptors (Lipinski definition) is 4. The van der Waals surface area contributed by atoms with Crippen LogP contribution in [0.2, 0.25) is 0 Å². The second-order valence-electron chi connectivity index (χ2n) is 3.27. The molecular weight excluding hydrogens is 230 g/mol. The van der Waals surface area contributed by atoms with Gasteiger partial charge in [-0.2, -0.15) is 0 Å². The zero-order valence-electron chi connectivity index (χ0n) is 8.99. The SMILES string of the molecule is COC(=O)c1ccc(C(=O)C(C)Cl)cc1N. The number of esters is 1. The molecule has 1 unspecified atom stereocenters. The molecule has 0 heterocycles. The predicted molar refractivity (Wildman–Crippen MR) is 61.8 cm³/mol. The summed E-state index contributed by atoms with van der Waals surface area (Å²) in [6.45, 7) is 1.58. The molecule has 0 aliphatic rings. The van der Waals surface area contributed by atoms with Crippen molar-refractivity contribution in [2.75, 3.05) is 12.8 Å². The van der Waals surface area contributed by atoms with E-state index < -0.39 is 11.3 Å². The number of nitrogen functional groups attached to an aromatic ring is 1. The van der Waals surface area contributed by atoms with Crippen molar-refractivity contribution < 1.29 is 14.3 Å². The van der Waals surface area contributed by atoms with Gasteiger partial charge in [-0.3, -0.25) is 4.79 Å². The number of halogens is 1. The Bertz CT molecular complexity index is 429. The Morgan fingerprint density at radius 1 is 1.44 bits per heavy atom. The molecule has 0 aliphatic heterocycles. The van der Waals surface area contributed by atoms with Gasteiger partial charge in [-0.25, -0.2) is 4.79 Å². The highest BCUT2D eigenvalue weighted by atomic mass is 35.5. The molecule has 0 saturated heterocycles. The maximum Gasteiger partial charge on any atom is 0.339 e. The van der Waals surface area contributed by atoms with Gasteiger partial charge in [0.05, 0.1) is 18.1 Å². The average molecular weight is 242 g/mol. The summed E-state index contributed by atoms with van der Waals surface area (Å²) in [7, 11) is 1.27. The van der Waals surface area contributed by atoms with E-state index in [0.29, 0.717) is 5.56 Å². The fourth-order valence-electron chi connectivity index (χ4n) is 1.24. The number of anilines is 1. The molecule has 1 rings (SSSR count). The molecule has 5 heteroatoms. The van der Waals surface area contributed by atoms with Crippen molar-refractivity contribution in [3.63, 3.8) is 0 Å². The summed E-state index contributed by atoms with van der Waals surface area (Å²) >= 11 is 5.66. The van der Waals surface area contributed by atoms with E-state index in [9.17, 15) is 9.59 Å². The smallest absolute Gasteiger partial charge is 0.339 e. The maximum atomic E-state index is 11.5. The third-order valence-corrected chi connectivity index (χ3v) is 2.30. The van der Waals surface area contributed by atoms with Crippen LogP contribution >= 0.6 is 11.6 Å². The van der Waals surface area contributed by atoms with Crippen molar-refractivity contribution in [1.29, 1.82) is 0 Å². The van der Waals surface area contributed by atoms with Gasteiger partial charge in [0.2, 0.25) is 0 Å². The normalized spacial score (nSPS) is 11.9. The molecule has 0 spiro atoms. The third kappa shape index (κ3) is 2.52. The van der Waals surface area contributed by atoms with Crippen LogP contribution in [0.4, 0.5) is 5.69 Å². The van der Waals surface area contributed by atoms with Gasteiger partial charge in [0, 0.05) is 11.3 Å².